The van der Waals surface area contributed by atoms with E-state index >= 15 is 0 Å². The zero-order valence-electron chi connectivity index (χ0n) is 10.6. The SMILES string of the molecule is N#Cc1cccc(CNc2ccc(S(N)(=O)=O)cc2)c1. The maximum atomic E-state index is 11.1. The molecule has 0 amide bonds. The highest BCUT2D eigenvalue weighted by Gasteiger charge is 2.06. The average Bonchev–Trinajstić information content (AvgIpc) is 2.45. The Labute approximate surface area is 117 Å². The van der Waals surface area contributed by atoms with Gasteiger partial charge in [-0.05, 0) is 42.0 Å². The Bertz CT molecular complexity index is 747. The molecule has 20 heavy (non-hydrogen) atoms. The van der Waals surface area contributed by atoms with E-state index in [1.165, 1.54) is 12.1 Å². The van der Waals surface area contributed by atoms with E-state index in [1.54, 1.807) is 24.3 Å². The van der Waals surface area contributed by atoms with Crippen LogP contribution < -0.4 is 10.5 Å². The Morgan fingerprint density at radius 2 is 1.85 bits per heavy atom. The molecule has 2 aromatic rings. The smallest absolute Gasteiger partial charge is 0.238 e. The van der Waals surface area contributed by atoms with Crippen molar-refractivity contribution in [3.63, 3.8) is 0 Å². The van der Waals surface area contributed by atoms with E-state index in [0.717, 1.165) is 11.3 Å². The van der Waals surface area contributed by atoms with Gasteiger partial charge in [-0.3, -0.25) is 0 Å². The van der Waals surface area contributed by atoms with Gasteiger partial charge in [-0.15, -0.1) is 0 Å². The molecule has 5 nitrogen and oxygen atoms in total. The van der Waals surface area contributed by atoms with E-state index in [4.69, 9.17) is 10.4 Å². The van der Waals surface area contributed by atoms with E-state index in [2.05, 4.69) is 11.4 Å². The molecule has 0 spiro atoms. The van der Waals surface area contributed by atoms with Gasteiger partial charge in [0.1, 0.15) is 0 Å². The molecule has 0 unspecified atom stereocenters. The molecule has 0 atom stereocenters. The Morgan fingerprint density at radius 3 is 2.45 bits per heavy atom. The Hall–Kier alpha value is -2.36. The normalized spacial score (nSPS) is 10.8. The van der Waals surface area contributed by atoms with Gasteiger partial charge in [0.05, 0.1) is 16.5 Å². The number of primary sulfonamides is 1. The first-order valence-electron chi connectivity index (χ1n) is 5.85. The third kappa shape index (κ3) is 3.57. The number of anilines is 1. The highest BCUT2D eigenvalue weighted by atomic mass is 32.2. The van der Waals surface area contributed by atoms with Crippen LogP contribution in [0.5, 0.6) is 0 Å². The molecule has 0 fully saturated rings. The van der Waals surface area contributed by atoms with Gasteiger partial charge in [0.15, 0.2) is 0 Å². The van der Waals surface area contributed by atoms with E-state index < -0.39 is 10.0 Å². The summed E-state index contributed by atoms with van der Waals surface area (Å²) in [4.78, 5) is 0.0783. The van der Waals surface area contributed by atoms with Gasteiger partial charge in [-0.1, -0.05) is 12.1 Å². The number of hydrogen-bond acceptors (Lipinski definition) is 4. The minimum atomic E-state index is -3.66. The third-order valence-corrected chi connectivity index (χ3v) is 3.66. The molecule has 2 aromatic carbocycles. The van der Waals surface area contributed by atoms with Crippen LogP contribution in [0.2, 0.25) is 0 Å². The van der Waals surface area contributed by atoms with Crippen molar-refractivity contribution in [3.05, 3.63) is 59.7 Å². The van der Waals surface area contributed by atoms with Crippen molar-refractivity contribution in [2.24, 2.45) is 5.14 Å². The summed E-state index contributed by atoms with van der Waals surface area (Å²) in [7, 11) is -3.66. The van der Waals surface area contributed by atoms with Crippen LogP contribution in [-0.2, 0) is 16.6 Å². The summed E-state index contributed by atoms with van der Waals surface area (Å²) in [5, 5.41) is 17.0. The summed E-state index contributed by atoms with van der Waals surface area (Å²) in [5.41, 5.74) is 2.35. The average molecular weight is 287 g/mol. The maximum absolute atomic E-state index is 11.1. The Kier molecular flexibility index (Phi) is 4.03. The molecule has 0 bridgehead atoms. The van der Waals surface area contributed by atoms with Crippen LogP contribution in [0.15, 0.2) is 53.4 Å². The Morgan fingerprint density at radius 1 is 1.15 bits per heavy atom. The number of sulfonamides is 1. The fourth-order valence-electron chi connectivity index (χ4n) is 1.72. The fraction of sp³-hybridized carbons (Fsp3) is 0.0714. The van der Waals surface area contributed by atoms with Crippen LogP contribution in [0.3, 0.4) is 0 Å². The number of nitriles is 1. The van der Waals surface area contributed by atoms with Gasteiger partial charge in [0.25, 0.3) is 0 Å². The summed E-state index contributed by atoms with van der Waals surface area (Å²) < 4.78 is 22.2. The predicted octanol–water partition coefficient (Wildman–Crippen LogP) is 1.82. The number of rotatable bonds is 4. The van der Waals surface area contributed by atoms with Crippen LogP contribution in [0, 0.1) is 11.3 Å². The maximum Gasteiger partial charge on any atom is 0.238 e. The molecular weight excluding hydrogens is 274 g/mol. The number of nitrogens with one attached hydrogen (secondary N) is 1. The summed E-state index contributed by atoms with van der Waals surface area (Å²) in [6.07, 6.45) is 0. The number of nitrogens with two attached hydrogens (primary N) is 1. The molecular formula is C14H13N3O2S. The van der Waals surface area contributed by atoms with Gasteiger partial charge >= 0.3 is 0 Å². The summed E-state index contributed by atoms with van der Waals surface area (Å²) in [5.74, 6) is 0. The highest BCUT2D eigenvalue weighted by Crippen LogP contribution is 2.14. The van der Waals surface area contributed by atoms with Crippen LogP contribution >= 0.6 is 0 Å². The first kappa shape index (κ1) is 14.1. The molecule has 3 N–H and O–H groups in total. The topological polar surface area (TPSA) is 96.0 Å². The largest absolute Gasteiger partial charge is 0.381 e. The summed E-state index contributed by atoms with van der Waals surface area (Å²) in [6, 6.07) is 15.5. The molecule has 0 saturated heterocycles. The van der Waals surface area contributed by atoms with Crippen molar-refractivity contribution in [1.29, 1.82) is 5.26 Å². The molecule has 102 valence electrons. The molecule has 0 aliphatic carbocycles. The molecule has 0 heterocycles. The van der Waals surface area contributed by atoms with Crippen molar-refractivity contribution in [1.82, 2.24) is 0 Å². The van der Waals surface area contributed by atoms with Crippen molar-refractivity contribution >= 4 is 15.7 Å². The number of benzene rings is 2. The van der Waals surface area contributed by atoms with Gasteiger partial charge in [0, 0.05) is 12.2 Å². The van der Waals surface area contributed by atoms with Crippen LogP contribution in [0.4, 0.5) is 5.69 Å². The second kappa shape index (κ2) is 5.74. The standard InChI is InChI=1S/C14H13N3O2S/c15-9-11-2-1-3-12(8-11)10-17-13-4-6-14(7-5-13)20(16,18)19/h1-8,17H,10H2,(H2,16,18,19). The van der Waals surface area contributed by atoms with E-state index in [9.17, 15) is 8.42 Å². The van der Waals surface area contributed by atoms with E-state index in [0.29, 0.717) is 12.1 Å². The molecule has 0 saturated carbocycles. The lowest BCUT2D eigenvalue weighted by Gasteiger charge is -2.07. The molecule has 0 aliphatic rings. The number of hydrogen-bond donors (Lipinski definition) is 2. The zero-order valence-corrected chi connectivity index (χ0v) is 11.4. The first-order chi connectivity index (χ1) is 9.49. The van der Waals surface area contributed by atoms with Crippen LogP contribution in [0.25, 0.3) is 0 Å². The van der Waals surface area contributed by atoms with Gasteiger partial charge in [-0.2, -0.15) is 5.26 Å². The van der Waals surface area contributed by atoms with Crippen molar-refractivity contribution in [2.75, 3.05) is 5.32 Å². The van der Waals surface area contributed by atoms with Crippen molar-refractivity contribution in [2.45, 2.75) is 11.4 Å². The summed E-state index contributed by atoms with van der Waals surface area (Å²) >= 11 is 0. The highest BCUT2D eigenvalue weighted by molar-refractivity contribution is 7.89. The lowest BCUT2D eigenvalue weighted by Crippen LogP contribution is -2.12. The second-order valence-corrected chi connectivity index (χ2v) is 5.80. The van der Waals surface area contributed by atoms with Crippen LogP contribution in [-0.4, -0.2) is 8.42 Å². The van der Waals surface area contributed by atoms with Crippen LogP contribution in [0.1, 0.15) is 11.1 Å². The zero-order chi connectivity index (χ0) is 14.6. The molecule has 0 radical (unpaired) electrons. The van der Waals surface area contributed by atoms with Gasteiger partial charge < -0.3 is 5.32 Å². The lowest BCUT2D eigenvalue weighted by atomic mass is 10.1. The monoisotopic (exact) mass is 287 g/mol. The first-order valence-corrected chi connectivity index (χ1v) is 7.39. The van der Waals surface area contributed by atoms with Gasteiger partial charge in [0.2, 0.25) is 10.0 Å². The second-order valence-electron chi connectivity index (χ2n) is 4.24. The Balaban J connectivity index is 2.06. The summed E-state index contributed by atoms with van der Waals surface area (Å²) in [6.45, 7) is 0.546. The predicted molar refractivity (Wildman–Crippen MR) is 76.3 cm³/mol. The molecule has 2 rings (SSSR count). The third-order valence-electron chi connectivity index (χ3n) is 2.74. The molecule has 6 heteroatoms. The molecule has 0 aliphatic heterocycles. The minimum absolute atomic E-state index is 0.0783. The minimum Gasteiger partial charge on any atom is -0.381 e. The molecule has 0 aromatic heterocycles. The quantitative estimate of drug-likeness (QED) is 0.896. The fourth-order valence-corrected chi connectivity index (χ4v) is 2.23. The van der Waals surface area contributed by atoms with Crippen molar-refractivity contribution < 1.29 is 8.42 Å². The van der Waals surface area contributed by atoms with E-state index in [1.807, 2.05) is 12.1 Å². The van der Waals surface area contributed by atoms with Crippen molar-refractivity contribution in [3.8, 4) is 6.07 Å². The lowest BCUT2D eigenvalue weighted by molar-refractivity contribution is 0.598. The van der Waals surface area contributed by atoms with E-state index in [-0.39, 0.29) is 4.90 Å². The van der Waals surface area contributed by atoms with Gasteiger partial charge in [-0.25, -0.2) is 13.6 Å². The number of nitrogens with zero attached hydrogens (tertiary/aromatic N) is 1.